The number of hydrogen-bond acceptors (Lipinski definition) is 0. The Hall–Kier alpha value is 0.0800. The average molecular weight is 475 g/mol. The van der Waals surface area contributed by atoms with Crippen molar-refractivity contribution in [2.75, 3.05) is 12.3 Å². The summed E-state index contributed by atoms with van der Waals surface area (Å²) in [5.74, 6) is 3.15. The topological polar surface area (TPSA) is 0 Å². The lowest BCUT2D eigenvalue weighted by molar-refractivity contribution is 0.0921. The van der Waals surface area contributed by atoms with Gasteiger partial charge in [0.15, 0.2) is 0 Å². The van der Waals surface area contributed by atoms with E-state index in [1.807, 2.05) is 0 Å². The largest absolute Gasteiger partial charge is 0.114 e. The van der Waals surface area contributed by atoms with Gasteiger partial charge < -0.3 is 0 Å². The highest BCUT2D eigenvalue weighted by molar-refractivity contribution is 7.39. The SMILES string of the molecule is CC(C)(C)[C@H]1CPC(c2ccccc2C2PC[C@H](C(C)(C)C)[C@H]2C(C)(C)C)[C@@H]1C(C)(C)C. The van der Waals surface area contributed by atoms with E-state index < -0.39 is 0 Å². The molecule has 0 aliphatic carbocycles. The number of hydrogen-bond donors (Lipinski definition) is 0. The van der Waals surface area contributed by atoms with Crippen LogP contribution in [0, 0.1) is 45.3 Å². The van der Waals surface area contributed by atoms with E-state index in [1.165, 1.54) is 12.3 Å². The fourth-order valence-electron chi connectivity index (χ4n) is 7.06. The monoisotopic (exact) mass is 474 g/mol. The Morgan fingerprint density at radius 1 is 0.531 bits per heavy atom. The van der Waals surface area contributed by atoms with Gasteiger partial charge in [-0.15, -0.1) is 17.2 Å². The molecule has 0 N–H and O–H groups in total. The van der Waals surface area contributed by atoms with Crippen molar-refractivity contribution in [1.82, 2.24) is 0 Å². The molecular formula is C30H52P2. The Labute approximate surface area is 204 Å². The summed E-state index contributed by atoms with van der Waals surface area (Å²) in [5, 5.41) is 0. The van der Waals surface area contributed by atoms with Gasteiger partial charge in [-0.3, -0.25) is 0 Å². The van der Waals surface area contributed by atoms with E-state index in [4.69, 9.17) is 0 Å². The standard InChI is InChI=1S/C30H52P2/c1-27(2,3)21-17-31-25(23(21)29(7,8)9)19-15-13-14-16-20(19)26-24(30(10,11)12)22(18-32-26)28(4,5)6/h13-16,21-26,31-32H,17-18H2,1-12H3/t21-,22-,23+,24+,25?,26?/m0/s1. The van der Waals surface area contributed by atoms with Gasteiger partial charge in [0.25, 0.3) is 0 Å². The van der Waals surface area contributed by atoms with Crippen molar-refractivity contribution in [3.8, 4) is 0 Å². The zero-order valence-corrected chi connectivity index (χ0v) is 25.2. The Balaban J connectivity index is 2.08. The fraction of sp³-hybridized carbons (Fsp3) is 0.800. The summed E-state index contributed by atoms with van der Waals surface area (Å²) < 4.78 is 0. The van der Waals surface area contributed by atoms with E-state index in [2.05, 4.69) is 107 Å². The molecule has 8 atom stereocenters. The average Bonchev–Trinajstić information content (AvgIpc) is 3.25. The lowest BCUT2D eigenvalue weighted by atomic mass is 9.61. The molecule has 0 spiro atoms. The van der Waals surface area contributed by atoms with Gasteiger partial charge in [0.05, 0.1) is 0 Å². The molecule has 2 saturated heterocycles. The quantitative estimate of drug-likeness (QED) is 0.374. The molecule has 2 heteroatoms. The zero-order chi connectivity index (χ0) is 24.3. The molecule has 0 bridgehead atoms. The third-order valence-electron chi connectivity index (χ3n) is 8.59. The molecule has 32 heavy (non-hydrogen) atoms. The maximum absolute atomic E-state index is 2.53. The summed E-state index contributed by atoms with van der Waals surface area (Å²) in [5.41, 5.74) is 6.36. The summed E-state index contributed by atoms with van der Waals surface area (Å²) in [6.45, 7) is 29.9. The Morgan fingerprint density at radius 2 is 0.844 bits per heavy atom. The van der Waals surface area contributed by atoms with Gasteiger partial charge in [0, 0.05) is 11.3 Å². The summed E-state index contributed by atoms with van der Waals surface area (Å²) >= 11 is 0. The molecule has 2 aliphatic heterocycles. The summed E-state index contributed by atoms with van der Waals surface area (Å²) in [6, 6.07) is 9.73. The van der Waals surface area contributed by atoms with Gasteiger partial charge in [-0.25, -0.2) is 0 Å². The molecular weight excluding hydrogens is 422 g/mol. The van der Waals surface area contributed by atoms with Crippen LogP contribution in [-0.2, 0) is 0 Å². The Kier molecular flexibility index (Phi) is 7.46. The van der Waals surface area contributed by atoms with E-state index in [0.717, 1.165) is 52.2 Å². The molecule has 4 unspecified atom stereocenters. The van der Waals surface area contributed by atoms with Crippen LogP contribution in [0.5, 0.6) is 0 Å². The van der Waals surface area contributed by atoms with Crippen molar-refractivity contribution < 1.29 is 0 Å². The smallest absolute Gasteiger partial charge is 0.00532 e. The highest BCUT2D eigenvalue weighted by atomic mass is 31.1. The predicted octanol–water partition coefficient (Wildman–Crippen LogP) is 9.80. The van der Waals surface area contributed by atoms with Crippen molar-refractivity contribution >= 4 is 17.2 Å². The first-order valence-corrected chi connectivity index (χ1v) is 15.6. The molecule has 2 aliphatic rings. The maximum Gasteiger partial charge on any atom is 0.00532 e. The summed E-state index contributed by atoms with van der Waals surface area (Å²) in [7, 11) is 2.12. The summed E-state index contributed by atoms with van der Waals surface area (Å²) in [4.78, 5) is 0. The lowest BCUT2D eigenvalue weighted by Crippen LogP contribution is -2.37. The van der Waals surface area contributed by atoms with Crippen molar-refractivity contribution in [2.45, 2.75) is 94.4 Å². The van der Waals surface area contributed by atoms with Crippen LogP contribution in [0.15, 0.2) is 24.3 Å². The van der Waals surface area contributed by atoms with Gasteiger partial charge in [0.1, 0.15) is 0 Å². The normalized spacial score (nSPS) is 34.0. The van der Waals surface area contributed by atoms with Gasteiger partial charge in [-0.05, 0) is 68.8 Å². The second-order valence-corrected chi connectivity index (χ2v) is 18.0. The van der Waals surface area contributed by atoms with Crippen molar-refractivity contribution in [1.29, 1.82) is 0 Å². The van der Waals surface area contributed by atoms with Crippen molar-refractivity contribution in [3.63, 3.8) is 0 Å². The summed E-state index contributed by atoms with van der Waals surface area (Å²) in [6.07, 6.45) is 2.81. The zero-order valence-electron chi connectivity index (χ0n) is 23.2. The Morgan fingerprint density at radius 3 is 1.09 bits per heavy atom. The highest BCUT2D eigenvalue weighted by Crippen LogP contribution is 2.66. The maximum atomic E-state index is 2.53. The van der Waals surface area contributed by atoms with Gasteiger partial charge in [-0.2, -0.15) is 0 Å². The van der Waals surface area contributed by atoms with E-state index in [1.54, 1.807) is 11.1 Å². The van der Waals surface area contributed by atoms with Crippen molar-refractivity contribution in [2.24, 2.45) is 45.3 Å². The minimum atomic E-state index is 0.342. The fourth-order valence-corrected chi connectivity index (χ4v) is 12.7. The molecule has 0 radical (unpaired) electrons. The first kappa shape index (κ1) is 26.7. The van der Waals surface area contributed by atoms with Crippen LogP contribution in [0.2, 0.25) is 0 Å². The molecule has 2 heterocycles. The van der Waals surface area contributed by atoms with Crippen LogP contribution >= 0.6 is 17.2 Å². The van der Waals surface area contributed by atoms with Crippen LogP contribution in [-0.4, -0.2) is 12.3 Å². The van der Waals surface area contributed by atoms with E-state index in [0.29, 0.717) is 21.7 Å². The lowest BCUT2D eigenvalue weighted by Gasteiger charge is -2.44. The number of benzene rings is 1. The predicted molar refractivity (Wildman–Crippen MR) is 150 cm³/mol. The van der Waals surface area contributed by atoms with E-state index in [9.17, 15) is 0 Å². The second kappa shape index (κ2) is 8.94. The molecule has 2 fully saturated rings. The third-order valence-corrected chi connectivity index (χ3v) is 12.2. The van der Waals surface area contributed by atoms with Crippen LogP contribution in [0.1, 0.15) is 106 Å². The van der Waals surface area contributed by atoms with Crippen LogP contribution in [0.25, 0.3) is 0 Å². The van der Waals surface area contributed by atoms with E-state index >= 15 is 0 Å². The van der Waals surface area contributed by atoms with Crippen LogP contribution in [0.4, 0.5) is 0 Å². The van der Waals surface area contributed by atoms with Gasteiger partial charge in [0.2, 0.25) is 0 Å². The highest BCUT2D eigenvalue weighted by Gasteiger charge is 2.51. The minimum Gasteiger partial charge on any atom is -0.114 e. The third kappa shape index (κ3) is 5.33. The number of rotatable bonds is 2. The second-order valence-electron chi connectivity index (χ2n) is 15.1. The minimum absolute atomic E-state index is 0.342. The molecule has 0 aromatic heterocycles. The Bertz CT molecular complexity index is 714. The van der Waals surface area contributed by atoms with Gasteiger partial charge in [-0.1, -0.05) is 107 Å². The molecule has 182 valence electrons. The molecule has 3 rings (SSSR count). The van der Waals surface area contributed by atoms with Crippen LogP contribution < -0.4 is 0 Å². The first-order valence-electron chi connectivity index (χ1n) is 13.0. The molecule has 1 aromatic carbocycles. The van der Waals surface area contributed by atoms with Crippen molar-refractivity contribution in [3.05, 3.63) is 35.4 Å². The van der Waals surface area contributed by atoms with Gasteiger partial charge >= 0.3 is 0 Å². The first-order chi connectivity index (χ1) is 14.4. The molecule has 0 nitrogen and oxygen atoms in total. The molecule has 0 saturated carbocycles. The molecule has 0 amide bonds. The van der Waals surface area contributed by atoms with Crippen LogP contribution in [0.3, 0.4) is 0 Å². The molecule has 1 aromatic rings. The van der Waals surface area contributed by atoms with E-state index in [-0.39, 0.29) is 0 Å².